The molecule has 1 aromatic carbocycles. The molecule has 25 heavy (non-hydrogen) atoms. The number of fused-ring (bicyclic) bond motifs is 1. The number of nitrogens with zero attached hydrogens (tertiary/aromatic N) is 1. The maximum absolute atomic E-state index is 12.6. The van der Waals surface area contributed by atoms with E-state index in [0.29, 0.717) is 11.9 Å². The molecular formula is C17H13ClF3NO3. The van der Waals surface area contributed by atoms with Crippen LogP contribution in [0.4, 0.5) is 13.2 Å². The second-order valence-corrected chi connectivity index (χ2v) is 6.21. The molecule has 0 unspecified atom stereocenters. The van der Waals surface area contributed by atoms with Gasteiger partial charge >= 0.3 is 12.1 Å². The molecule has 1 aliphatic rings. The monoisotopic (exact) mass is 371 g/mol. The van der Waals surface area contributed by atoms with Gasteiger partial charge in [0, 0.05) is 6.20 Å². The lowest BCUT2D eigenvalue weighted by atomic mass is 9.98. The number of carboxylic acid groups (broad SMARTS) is 1. The second-order valence-electron chi connectivity index (χ2n) is 5.80. The first-order valence-electron chi connectivity index (χ1n) is 7.49. The van der Waals surface area contributed by atoms with Crippen LogP contribution in [0.3, 0.4) is 0 Å². The molecule has 4 nitrogen and oxygen atoms in total. The van der Waals surface area contributed by atoms with Crippen molar-refractivity contribution < 1.29 is 27.8 Å². The summed E-state index contributed by atoms with van der Waals surface area (Å²) in [5.41, 5.74) is 0.975. The average molecular weight is 372 g/mol. The Morgan fingerprint density at radius 1 is 1.36 bits per heavy atom. The van der Waals surface area contributed by atoms with Crippen molar-refractivity contribution in [3.63, 3.8) is 0 Å². The number of ether oxygens (including phenoxy) is 1. The Labute approximate surface area is 146 Å². The molecular weight excluding hydrogens is 359 g/mol. The number of aliphatic carboxylic acids is 1. The van der Waals surface area contributed by atoms with Gasteiger partial charge in [0.2, 0.25) is 5.88 Å². The van der Waals surface area contributed by atoms with E-state index in [9.17, 15) is 18.0 Å². The number of carboxylic acids is 1. The summed E-state index contributed by atoms with van der Waals surface area (Å²) < 4.78 is 43.4. The standard InChI is InChI=1S/C17H13ClF3NO3/c18-14-7-11(17(19,20)21)8-22-16(14)25-12-3-4-13-9(5-12)1-2-10(13)6-15(23)24/h3-5,7-8,10H,1-2,6H2,(H,23,24)/t10-/m0/s1. The lowest BCUT2D eigenvalue weighted by Crippen LogP contribution is -2.05. The highest BCUT2D eigenvalue weighted by Gasteiger charge is 2.32. The summed E-state index contributed by atoms with van der Waals surface area (Å²) in [5.74, 6) is -0.605. The Hall–Kier alpha value is -2.28. The first-order valence-corrected chi connectivity index (χ1v) is 7.87. The molecule has 2 aromatic rings. The van der Waals surface area contributed by atoms with Crippen LogP contribution in [0.15, 0.2) is 30.5 Å². The van der Waals surface area contributed by atoms with Crippen molar-refractivity contribution in [2.75, 3.05) is 0 Å². The molecule has 0 saturated heterocycles. The lowest BCUT2D eigenvalue weighted by molar-refractivity contribution is -0.138. The normalized spacial score (nSPS) is 16.6. The Kier molecular flexibility index (Phi) is 4.60. The minimum absolute atomic E-state index is 0.0330. The zero-order valence-corrected chi connectivity index (χ0v) is 13.6. The molecule has 0 spiro atoms. The Morgan fingerprint density at radius 2 is 2.12 bits per heavy atom. The van der Waals surface area contributed by atoms with E-state index in [4.69, 9.17) is 21.4 Å². The number of rotatable bonds is 4. The van der Waals surface area contributed by atoms with Crippen LogP contribution in [0.2, 0.25) is 5.02 Å². The first kappa shape index (κ1) is 17.5. The van der Waals surface area contributed by atoms with Crippen molar-refractivity contribution in [1.29, 1.82) is 0 Å². The largest absolute Gasteiger partial charge is 0.481 e. The van der Waals surface area contributed by atoms with E-state index in [1.165, 1.54) is 0 Å². The third-order valence-electron chi connectivity index (χ3n) is 4.09. The Bertz CT molecular complexity index is 823. The van der Waals surface area contributed by atoms with Gasteiger partial charge < -0.3 is 9.84 Å². The van der Waals surface area contributed by atoms with Crippen LogP contribution in [0, 0.1) is 0 Å². The zero-order valence-electron chi connectivity index (χ0n) is 12.8. The predicted molar refractivity (Wildman–Crippen MR) is 84.1 cm³/mol. The van der Waals surface area contributed by atoms with Crippen molar-refractivity contribution in [3.05, 3.63) is 52.2 Å². The van der Waals surface area contributed by atoms with Gasteiger partial charge in [-0.3, -0.25) is 4.79 Å². The quantitative estimate of drug-likeness (QED) is 0.817. The van der Waals surface area contributed by atoms with Crippen LogP contribution in [0.25, 0.3) is 0 Å². The van der Waals surface area contributed by atoms with Gasteiger partial charge in [-0.2, -0.15) is 13.2 Å². The zero-order chi connectivity index (χ0) is 18.2. The number of alkyl halides is 3. The average Bonchev–Trinajstić information content (AvgIpc) is 2.90. The van der Waals surface area contributed by atoms with E-state index in [1.54, 1.807) is 18.2 Å². The molecule has 0 bridgehead atoms. The number of benzene rings is 1. The van der Waals surface area contributed by atoms with Crippen LogP contribution in [-0.2, 0) is 17.4 Å². The lowest BCUT2D eigenvalue weighted by Gasteiger charge is -2.12. The van der Waals surface area contributed by atoms with Crippen molar-refractivity contribution in [1.82, 2.24) is 4.98 Å². The summed E-state index contributed by atoms with van der Waals surface area (Å²) in [4.78, 5) is 14.5. The van der Waals surface area contributed by atoms with Gasteiger partial charge in [-0.05, 0) is 48.1 Å². The van der Waals surface area contributed by atoms with Gasteiger partial charge in [0.05, 0.1) is 12.0 Å². The topological polar surface area (TPSA) is 59.4 Å². The molecule has 1 heterocycles. The van der Waals surface area contributed by atoms with Crippen LogP contribution in [-0.4, -0.2) is 16.1 Å². The van der Waals surface area contributed by atoms with E-state index >= 15 is 0 Å². The third kappa shape index (κ3) is 3.87. The molecule has 132 valence electrons. The summed E-state index contributed by atoms with van der Waals surface area (Å²) in [6, 6.07) is 5.92. The number of carbonyl (C=O) groups is 1. The number of halogens is 4. The van der Waals surface area contributed by atoms with E-state index in [0.717, 1.165) is 30.0 Å². The molecule has 1 atom stereocenters. The fourth-order valence-electron chi connectivity index (χ4n) is 2.94. The minimum atomic E-state index is -4.53. The van der Waals surface area contributed by atoms with E-state index in [2.05, 4.69) is 4.98 Å². The maximum Gasteiger partial charge on any atom is 0.417 e. The van der Waals surface area contributed by atoms with Crippen LogP contribution in [0.1, 0.15) is 35.4 Å². The fourth-order valence-corrected chi connectivity index (χ4v) is 3.14. The van der Waals surface area contributed by atoms with Gasteiger partial charge in [-0.25, -0.2) is 4.98 Å². The van der Waals surface area contributed by atoms with Crippen molar-refractivity contribution in [3.8, 4) is 11.6 Å². The summed E-state index contributed by atoms with van der Waals surface area (Å²) >= 11 is 5.83. The van der Waals surface area contributed by atoms with Crippen molar-refractivity contribution in [2.45, 2.75) is 31.4 Å². The SMILES string of the molecule is O=C(O)C[C@@H]1CCc2cc(Oc3ncc(C(F)(F)F)cc3Cl)ccc21. The van der Waals surface area contributed by atoms with Crippen molar-refractivity contribution in [2.24, 2.45) is 0 Å². The number of aromatic nitrogens is 1. The molecule has 1 N–H and O–H groups in total. The molecule has 1 aromatic heterocycles. The van der Waals surface area contributed by atoms with Gasteiger partial charge in [-0.1, -0.05) is 17.7 Å². The summed E-state index contributed by atoms with van der Waals surface area (Å²) in [5, 5.41) is 8.69. The highest BCUT2D eigenvalue weighted by Crippen LogP contribution is 2.39. The molecule has 0 saturated carbocycles. The van der Waals surface area contributed by atoms with Crippen LogP contribution >= 0.6 is 11.6 Å². The summed E-state index contributed by atoms with van der Waals surface area (Å²) in [6.45, 7) is 0. The highest BCUT2D eigenvalue weighted by molar-refractivity contribution is 6.31. The molecule has 0 fully saturated rings. The highest BCUT2D eigenvalue weighted by atomic mass is 35.5. The predicted octanol–water partition coefficient (Wildman–Crippen LogP) is 5.05. The van der Waals surface area contributed by atoms with E-state index in [1.807, 2.05) is 0 Å². The summed E-state index contributed by atoms with van der Waals surface area (Å²) in [6.07, 6.45) is -2.33. The Morgan fingerprint density at radius 3 is 2.76 bits per heavy atom. The van der Waals surface area contributed by atoms with Gasteiger partial charge in [0.25, 0.3) is 0 Å². The molecule has 0 aliphatic heterocycles. The molecule has 3 rings (SSSR count). The number of pyridine rings is 1. The fraction of sp³-hybridized carbons (Fsp3) is 0.294. The smallest absolute Gasteiger partial charge is 0.417 e. The van der Waals surface area contributed by atoms with Gasteiger partial charge in [0.1, 0.15) is 10.8 Å². The second kappa shape index (κ2) is 6.55. The molecule has 0 radical (unpaired) electrons. The van der Waals surface area contributed by atoms with Gasteiger partial charge in [-0.15, -0.1) is 0 Å². The summed E-state index contributed by atoms with van der Waals surface area (Å²) in [7, 11) is 0. The first-order chi connectivity index (χ1) is 11.7. The van der Waals surface area contributed by atoms with E-state index < -0.39 is 17.7 Å². The number of aryl methyl sites for hydroxylation is 1. The molecule has 8 heteroatoms. The molecule has 0 amide bonds. The number of hydrogen-bond donors (Lipinski definition) is 1. The Balaban J connectivity index is 1.80. The van der Waals surface area contributed by atoms with Crippen molar-refractivity contribution >= 4 is 17.6 Å². The third-order valence-corrected chi connectivity index (χ3v) is 4.36. The minimum Gasteiger partial charge on any atom is -0.481 e. The van der Waals surface area contributed by atoms with Gasteiger partial charge in [0.15, 0.2) is 0 Å². The van der Waals surface area contributed by atoms with Crippen LogP contribution in [0.5, 0.6) is 11.6 Å². The number of hydrogen-bond acceptors (Lipinski definition) is 3. The molecule has 1 aliphatic carbocycles. The maximum atomic E-state index is 12.6. The van der Waals surface area contributed by atoms with Crippen LogP contribution < -0.4 is 4.74 Å². The van der Waals surface area contributed by atoms with E-state index in [-0.39, 0.29) is 23.2 Å².